The summed E-state index contributed by atoms with van der Waals surface area (Å²) in [6.07, 6.45) is 1.65. The molecule has 3 aromatic rings. The van der Waals surface area contributed by atoms with Gasteiger partial charge in [0.05, 0.1) is 35.6 Å². The van der Waals surface area contributed by atoms with Crippen LogP contribution in [0, 0.1) is 0 Å². The van der Waals surface area contributed by atoms with Gasteiger partial charge in [-0.1, -0.05) is 39.4 Å². The van der Waals surface area contributed by atoms with Gasteiger partial charge in [0, 0.05) is 17.0 Å². The standard InChI is InChI=1S/C26H23BrN2O6S/c1-5-34-25(32)22-14(2)28-26-29(23(22)16-6-9-19(33-4)10-7-16)24(31)21(36-26)13-17-12-18(27)8-11-20(17)35-15(3)30/h6-13,23H,5H2,1-4H3/t23-/m0/s1. The van der Waals surface area contributed by atoms with E-state index in [1.54, 1.807) is 57.4 Å². The number of methoxy groups -OCH3 is 1. The predicted molar refractivity (Wildman–Crippen MR) is 139 cm³/mol. The fraction of sp³-hybridized carbons (Fsp3) is 0.231. The topological polar surface area (TPSA) is 96.2 Å². The number of esters is 2. The molecule has 0 fully saturated rings. The van der Waals surface area contributed by atoms with Gasteiger partial charge in [0.25, 0.3) is 5.56 Å². The van der Waals surface area contributed by atoms with Crippen LogP contribution in [0.25, 0.3) is 6.08 Å². The number of aromatic nitrogens is 1. The highest BCUT2D eigenvalue weighted by Crippen LogP contribution is 2.31. The number of ether oxygens (including phenoxy) is 3. The Morgan fingerprint density at radius 2 is 1.92 bits per heavy atom. The number of nitrogens with zero attached hydrogens (tertiary/aromatic N) is 2. The van der Waals surface area contributed by atoms with Crippen LogP contribution in [0.2, 0.25) is 0 Å². The first-order valence-corrected chi connectivity index (χ1v) is 12.7. The monoisotopic (exact) mass is 570 g/mol. The number of carbonyl (C=O) groups excluding carboxylic acids is 2. The quantitative estimate of drug-likeness (QED) is 0.332. The summed E-state index contributed by atoms with van der Waals surface area (Å²) in [5.41, 5.74) is 1.70. The number of thiazole rings is 1. The number of hydrogen-bond donors (Lipinski definition) is 0. The SMILES string of the molecule is CCOC(=O)C1=C(C)N=c2sc(=Cc3cc(Br)ccc3OC(C)=O)c(=O)n2[C@H]1c1ccc(OC)cc1. The molecule has 4 rings (SSSR count). The zero-order valence-electron chi connectivity index (χ0n) is 20.0. The van der Waals surface area contributed by atoms with Gasteiger partial charge in [0.15, 0.2) is 4.80 Å². The molecule has 0 radical (unpaired) electrons. The summed E-state index contributed by atoms with van der Waals surface area (Å²) in [6.45, 7) is 4.96. The van der Waals surface area contributed by atoms with Crippen LogP contribution in [0.4, 0.5) is 0 Å². The van der Waals surface area contributed by atoms with E-state index in [4.69, 9.17) is 14.2 Å². The molecule has 1 aliphatic heterocycles. The van der Waals surface area contributed by atoms with E-state index in [1.807, 2.05) is 12.1 Å². The van der Waals surface area contributed by atoms with Crippen molar-refractivity contribution < 1.29 is 23.8 Å². The van der Waals surface area contributed by atoms with Gasteiger partial charge in [-0.3, -0.25) is 14.2 Å². The summed E-state index contributed by atoms with van der Waals surface area (Å²) in [6, 6.07) is 11.6. The van der Waals surface area contributed by atoms with Crippen LogP contribution in [-0.4, -0.2) is 30.2 Å². The minimum Gasteiger partial charge on any atom is -0.497 e. The van der Waals surface area contributed by atoms with E-state index in [9.17, 15) is 14.4 Å². The van der Waals surface area contributed by atoms with Crippen molar-refractivity contribution in [2.75, 3.05) is 13.7 Å². The molecule has 1 atom stereocenters. The lowest BCUT2D eigenvalue weighted by atomic mass is 9.96. The Hall–Kier alpha value is -3.50. The van der Waals surface area contributed by atoms with Crippen molar-refractivity contribution in [1.29, 1.82) is 0 Å². The van der Waals surface area contributed by atoms with Crippen molar-refractivity contribution in [3.8, 4) is 11.5 Å². The van der Waals surface area contributed by atoms with Crippen molar-refractivity contribution in [3.05, 3.63) is 89.0 Å². The highest BCUT2D eigenvalue weighted by molar-refractivity contribution is 9.10. The first kappa shape index (κ1) is 25.6. The lowest BCUT2D eigenvalue weighted by molar-refractivity contribution is -0.139. The number of rotatable bonds is 6. The predicted octanol–water partition coefficient (Wildman–Crippen LogP) is 3.49. The summed E-state index contributed by atoms with van der Waals surface area (Å²) in [4.78, 5) is 43.3. The van der Waals surface area contributed by atoms with Crippen molar-refractivity contribution in [2.24, 2.45) is 4.99 Å². The van der Waals surface area contributed by atoms with E-state index in [0.29, 0.717) is 43.2 Å². The molecule has 0 N–H and O–H groups in total. The number of hydrogen-bond acceptors (Lipinski definition) is 8. The maximum absolute atomic E-state index is 13.7. The molecule has 1 aliphatic rings. The molecule has 0 saturated heterocycles. The largest absolute Gasteiger partial charge is 0.497 e. The molecular formula is C26H23BrN2O6S. The number of fused-ring (bicyclic) bond motifs is 1. The van der Waals surface area contributed by atoms with E-state index < -0.39 is 18.0 Å². The molecule has 0 aliphatic carbocycles. The third kappa shape index (κ3) is 5.05. The fourth-order valence-electron chi connectivity index (χ4n) is 3.91. The van der Waals surface area contributed by atoms with Crippen LogP contribution in [0.3, 0.4) is 0 Å². The second-order valence-electron chi connectivity index (χ2n) is 7.85. The van der Waals surface area contributed by atoms with Crippen molar-refractivity contribution in [1.82, 2.24) is 4.57 Å². The van der Waals surface area contributed by atoms with Gasteiger partial charge in [0.1, 0.15) is 11.5 Å². The second-order valence-corrected chi connectivity index (χ2v) is 9.78. The summed E-state index contributed by atoms with van der Waals surface area (Å²) in [5, 5.41) is 0. The summed E-state index contributed by atoms with van der Waals surface area (Å²) >= 11 is 4.61. The Morgan fingerprint density at radius 3 is 2.56 bits per heavy atom. The van der Waals surface area contributed by atoms with Gasteiger partial charge >= 0.3 is 11.9 Å². The van der Waals surface area contributed by atoms with Gasteiger partial charge in [-0.05, 0) is 55.8 Å². The maximum atomic E-state index is 13.7. The first-order chi connectivity index (χ1) is 17.2. The van der Waals surface area contributed by atoms with Crippen LogP contribution in [0.15, 0.2) is 68.0 Å². The van der Waals surface area contributed by atoms with E-state index in [1.165, 1.54) is 22.8 Å². The lowest BCUT2D eigenvalue weighted by Crippen LogP contribution is -2.39. The average molecular weight is 571 g/mol. The summed E-state index contributed by atoms with van der Waals surface area (Å²) in [7, 11) is 1.57. The van der Waals surface area contributed by atoms with Gasteiger partial charge in [-0.25, -0.2) is 9.79 Å². The van der Waals surface area contributed by atoms with E-state index in [2.05, 4.69) is 20.9 Å². The van der Waals surface area contributed by atoms with E-state index in [-0.39, 0.29) is 12.2 Å². The van der Waals surface area contributed by atoms with Crippen molar-refractivity contribution >= 4 is 45.3 Å². The fourth-order valence-corrected chi connectivity index (χ4v) is 5.33. The molecule has 186 valence electrons. The molecule has 0 unspecified atom stereocenters. The van der Waals surface area contributed by atoms with Crippen LogP contribution in [0.1, 0.15) is 37.9 Å². The molecule has 8 nitrogen and oxygen atoms in total. The third-order valence-electron chi connectivity index (χ3n) is 5.46. The zero-order chi connectivity index (χ0) is 26.0. The summed E-state index contributed by atoms with van der Waals surface area (Å²) < 4.78 is 18.5. The number of halogens is 1. The Morgan fingerprint density at radius 1 is 1.19 bits per heavy atom. The van der Waals surface area contributed by atoms with Crippen molar-refractivity contribution in [2.45, 2.75) is 26.8 Å². The molecule has 0 bridgehead atoms. The van der Waals surface area contributed by atoms with Crippen LogP contribution in [-0.2, 0) is 14.3 Å². The van der Waals surface area contributed by atoms with Crippen LogP contribution < -0.4 is 24.4 Å². The maximum Gasteiger partial charge on any atom is 0.338 e. The highest BCUT2D eigenvalue weighted by atomic mass is 79.9. The number of benzene rings is 2. The van der Waals surface area contributed by atoms with Gasteiger partial charge in [0.2, 0.25) is 0 Å². The zero-order valence-corrected chi connectivity index (χ0v) is 22.4. The van der Waals surface area contributed by atoms with E-state index in [0.717, 1.165) is 4.47 Å². The molecule has 2 heterocycles. The lowest BCUT2D eigenvalue weighted by Gasteiger charge is -2.24. The van der Waals surface area contributed by atoms with Gasteiger partial charge < -0.3 is 14.2 Å². The molecule has 0 amide bonds. The Balaban J connectivity index is 1.95. The van der Waals surface area contributed by atoms with Crippen LogP contribution >= 0.6 is 27.3 Å². The first-order valence-electron chi connectivity index (χ1n) is 11.0. The molecule has 1 aromatic heterocycles. The minimum absolute atomic E-state index is 0.192. The number of carbonyl (C=O) groups is 2. The Labute approximate surface area is 219 Å². The highest BCUT2D eigenvalue weighted by Gasteiger charge is 2.33. The Bertz CT molecular complexity index is 1550. The molecule has 36 heavy (non-hydrogen) atoms. The molecular weight excluding hydrogens is 548 g/mol. The van der Waals surface area contributed by atoms with E-state index >= 15 is 0 Å². The Kier molecular flexibility index (Phi) is 7.56. The normalized spacial score (nSPS) is 15.2. The smallest absolute Gasteiger partial charge is 0.338 e. The second kappa shape index (κ2) is 10.6. The summed E-state index contributed by atoms with van der Waals surface area (Å²) in [5.74, 6) is -0.0237. The third-order valence-corrected chi connectivity index (χ3v) is 6.94. The molecule has 0 saturated carbocycles. The molecule has 0 spiro atoms. The number of allylic oxidation sites excluding steroid dienone is 1. The molecule has 10 heteroatoms. The minimum atomic E-state index is -0.733. The van der Waals surface area contributed by atoms with Crippen LogP contribution in [0.5, 0.6) is 11.5 Å². The molecule has 2 aromatic carbocycles. The average Bonchev–Trinajstić information content (AvgIpc) is 3.14. The van der Waals surface area contributed by atoms with Gasteiger partial charge in [-0.2, -0.15) is 0 Å². The van der Waals surface area contributed by atoms with Gasteiger partial charge in [-0.15, -0.1) is 0 Å². The van der Waals surface area contributed by atoms with Crippen molar-refractivity contribution in [3.63, 3.8) is 0 Å².